The van der Waals surface area contributed by atoms with Gasteiger partial charge in [-0.1, -0.05) is 66.4 Å². The standard InChI is InChI=1S/C20H17N3O3S/c24-18(23-26)10-9-14-5-4-6-15(11-14)13-27-20-21-17(12-19(25)22-20)16-7-2-1-3-8-16/h1-12,26H,13H2,(H,23,24)(H,21,22,25)/b10-9+. The summed E-state index contributed by atoms with van der Waals surface area (Å²) in [4.78, 5) is 30.3. The quantitative estimate of drug-likeness (QED) is 0.201. The summed E-state index contributed by atoms with van der Waals surface area (Å²) in [5.41, 5.74) is 4.72. The number of hydrogen-bond donors (Lipinski definition) is 3. The molecule has 7 heteroatoms. The van der Waals surface area contributed by atoms with Crippen LogP contribution in [0.1, 0.15) is 11.1 Å². The first-order chi connectivity index (χ1) is 13.1. The molecule has 0 aliphatic heterocycles. The van der Waals surface area contributed by atoms with Crippen molar-refractivity contribution in [1.82, 2.24) is 15.4 Å². The highest BCUT2D eigenvalue weighted by Crippen LogP contribution is 2.22. The monoisotopic (exact) mass is 379 g/mol. The molecule has 0 aliphatic rings. The fourth-order valence-electron chi connectivity index (χ4n) is 2.41. The summed E-state index contributed by atoms with van der Waals surface area (Å²) < 4.78 is 0. The van der Waals surface area contributed by atoms with Crippen molar-refractivity contribution >= 4 is 23.7 Å². The van der Waals surface area contributed by atoms with Gasteiger partial charge in [0.05, 0.1) is 5.69 Å². The minimum Gasteiger partial charge on any atom is -0.301 e. The third-order valence-corrected chi connectivity index (χ3v) is 4.60. The van der Waals surface area contributed by atoms with Gasteiger partial charge in [0.1, 0.15) is 0 Å². The number of rotatable bonds is 6. The van der Waals surface area contributed by atoms with E-state index in [0.29, 0.717) is 16.6 Å². The first-order valence-electron chi connectivity index (χ1n) is 8.15. The van der Waals surface area contributed by atoms with Crippen molar-refractivity contribution in [3.8, 4) is 11.3 Å². The summed E-state index contributed by atoms with van der Waals surface area (Å²) in [7, 11) is 0. The molecule has 1 heterocycles. The Balaban J connectivity index is 1.74. The molecule has 136 valence electrons. The largest absolute Gasteiger partial charge is 0.301 e. The van der Waals surface area contributed by atoms with E-state index in [0.717, 1.165) is 16.7 Å². The second-order valence-corrected chi connectivity index (χ2v) is 6.61. The number of amides is 1. The van der Waals surface area contributed by atoms with E-state index in [1.54, 1.807) is 11.6 Å². The lowest BCUT2D eigenvalue weighted by molar-refractivity contribution is -0.124. The third-order valence-electron chi connectivity index (χ3n) is 3.65. The zero-order chi connectivity index (χ0) is 19.1. The van der Waals surface area contributed by atoms with Crippen LogP contribution in [0.25, 0.3) is 17.3 Å². The van der Waals surface area contributed by atoms with Crippen LogP contribution >= 0.6 is 11.8 Å². The first-order valence-corrected chi connectivity index (χ1v) is 9.13. The molecule has 0 atom stereocenters. The lowest BCUT2D eigenvalue weighted by Gasteiger charge is -2.05. The van der Waals surface area contributed by atoms with Crippen molar-refractivity contribution < 1.29 is 10.0 Å². The summed E-state index contributed by atoms with van der Waals surface area (Å²) in [5.74, 6) is 0.0176. The summed E-state index contributed by atoms with van der Waals surface area (Å²) >= 11 is 1.42. The average Bonchev–Trinajstić information content (AvgIpc) is 2.71. The van der Waals surface area contributed by atoms with E-state index in [2.05, 4.69) is 9.97 Å². The van der Waals surface area contributed by atoms with Gasteiger partial charge < -0.3 is 4.98 Å². The third kappa shape index (κ3) is 5.40. The zero-order valence-corrected chi connectivity index (χ0v) is 15.1. The molecular formula is C20H17N3O3S. The number of hydroxylamine groups is 1. The van der Waals surface area contributed by atoms with Crippen molar-refractivity contribution in [2.45, 2.75) is 10.9 Å². The molecule has 0 spiro atoms. The summed E-state index contributed by atoms with van der Waals surface area (Å²) in [6.07, 6.45) is 2.85. The molecule has 0 bridgehead atoms. The minimum absolute atomic E-state index is 0.196. The van der Waals surface area contributed by atoms with Crippen LogP contribution in [-0.2, 0) is 10.5 Å². The predicted molar refractivity (Wildman–Crippen MR) is 105 cm³/mol. The second kappa shape index (κ2) is 8.98. The van der Waals surface area contributed by atoms with E-state index < -0.39 is 5.91 Å². The van der Waals surface area contributed by atoms with Gasteiger partial charge in [0.25, 0.3) is 11.5 Å². The molecule has 1 aromatic heterocycles. The molecule has 3 rings (SSSR count). The molecule has 0 aliphatic carbocycles. The van der Waals surface area contributed by atoms with Gasteiger partial charge in [-0.3, -0.25) is 14.8 Å². The number of aromatic nitrogens is 2. The molecule has 0 fully saturated rings. The highest BCUT2D eigenvalue weighted by Gasteiger charge is 2.05. The number of benzene rings is 2. The number of nitrogens with one attached hydrogen (secondary N) is 2. The SMILES string of the molecule is O=C(/C=C/c1cccc(CSc2nc(-c3ccccc3)cc(=O)[nH]2)c1)NO. The summed E-state index contributed by atoms with van der Waals surface area (Å²) in [6, 6.07) is 18.6. The lowest BCUT2D eigenvalue weighted by atomic mass is 10.1. The Kier molecular flexibility index (Phi) is 6.19. The smallest absolute Gasteiger partial charge is 0.267 e. The number of thioether (sulfide) groups is 1. The van der Waals surface area contributed by atoms with Crippen molar-refractivity contribution in [2.24, 2.45) is 0 Å². The normalized spacial score (nSPS) is 10.9. The molecule has 2 aromatic carbocycles. The molecule has 27 heavy (non-hydrogen) atoms. The Morgan fingerprint density at radius 2 is 1.96 bits per heavy atom. The Morgan fingerprint density at radius 3 is 2.74 bits per heavy atom. The number of carbonyl (C=O) groups excluding carboxylic acids is 1. The Morgan fingerprint density at radius 1 is 1.15 bits per heavy atom. The lowest BCUT2D eigenvalue weighted by Crippen LogP contribution is -2.14. The van der Waals surface area contributed by atoms with Gasteiger partial charge >= 0.3 is 0 Å². The molecule has 3 N–H and O–H groups in total. The van der Waals surface area contributed by atoms with E-state index in [1.165, 1.54) is 23.9 Å². The number of nitrogens with zero attached hydrogens (tertiary/aromatic N) is 1. The average molecular weight is 379 g/mol. The number of H-pyrrole nitrogens is 1. The Hall–Kier alpha value is -3.16. The van der Waals surface area contributed by atoms with Crippen molar-refractivity contribution in [3.05, 3.63) is 88.2 Å². The van der Waals surface area contributed by atoms with Gasteiger partial charge in [-0.2, -0.15) is 0 Å². The molecular weight excluding hydrogens is 362 g/mol. The summed E-state index contributed by atoms with van der Waals surface area (Å²) in [6.45, 7) is 0. The van der Waals surface area contributed by atoms with Crippen LogP contribution in [0.3, 0.4) is 0 Å². The Bertz CT molecular complexity index is 1020. The van der Waals surface area contributed by atoms with E-state index in [1.807, 2.05) is 54.6 Å². The van der Waals surface area contributed by atoms with E-state index >= 15 is 0 Å². The van der Waals surface area contributed by atoms with Gasteiger partial charge in [-0.05, 0) is 17.2 Å². The minimum atomic E-state index is -0.589. The highest BCUT2D eigenvalue weighted by atomic mass is 32.2. The van der Waals surface area contributed by atoms with Crippen LogP contribution in [0, 0.1) is 0 Å². The molecule has 0 radical (unpaired) electrons. The van der Waals surface area contributed by atoms with Crippen LogP contribution < -0.4 is 11.0 Å². The van der Waals surface area contributed by atoms with Crippen molar-refractivity contribution in [3.63, 3.8) is 0 Å². The molecule has 3 aromatic rings. The molecule has 6 nitrogen and oxygen atoms in total. The topological polar surface area (TPSA) is 95.1 Å². The van der Waals surface area contributed by atoms with Gasteiger partial charge in [-0.15, -0.1) is 0 Å². The van der Waals surface area contributed by atoms with Crippen molar-refractivity contribution in [2.75, 3.05) is 0 Å². The fourth-order valence-corrected chi connectivity index (χ4v) is 3.23. The Labute approximate surface area is 159 Å². The van der Waals surface area contributed by atoms with Crippen LogP contribution in [-0.4, -0.2) is 21.1 Å². The number of carbonyl (C=O) groups is 1. The number of aromatic amines is 1. The molecule has 1 amide bonds. The van der Waals surface area contributed by atoms with E-state index in [4.69, 9.17) is 5.21 Å². The molecule has 0 unspecified atom stereocenters. The van der Waals surface area contributed by atoms with Gasteiger partial charge in [0.15, 0.2) is 5.16 Å². The maximum Gasteiger partial charge on any atom is 0.267 e. The van der Waals surface area contributed by atoms with Gasteiger partial charge in [-0.25, -0.2) is 10.5 Å². The van der Waals surface area contributed by atoms with Crippen LogP contribution in [0.4, 0.5) is 0 Å². The second-order valence-electron chi connectivity index (χ2n) is 5.64. The predicted octanol–water partition coefficient (Wildman–Crippen LogP) is 3.25. The van der Waals surface area contributed by atoms with Crippen LogP contribution in [0.15, 0.2) is 76.7 Å². The highest BCUT2D eigenvalue weighted by molar-refractivity contribution is 7.98. The van der Waals surface area contributed by atoms with Crippen LogP contribution in [0.5, 0.6) is 0 Å². The zero-order valence-electron chi connectivity index (χ0n) is 14.3. The number of hydrogen-bond acceptors (Lipinski definition) is 5. The van der Waals surface area contributed by atoms with E-state index in [-0.39, 0.29) is 5.56 Å². The maximum atomic E-state index is 12.0. The molecule has 0 saturated heterocycles. The maximum absolute atomic E-state index is 12.0. The van der Waals surface area contributed by atoms with E-state index in [9.17, 15) is 9.59 Å². The van der Waals surface area contributed by atoms with Crippen molar-refractivity contribution in [1.29, 1.82) is 0 Å². The fraction of sp³-hybridized carbons (Fsp3) is 0.0500. The molecule has 0 saturated carbocycles. The van der Waals surface area contributed by atoms with Gasteiger partial charge in [0.2, 0.25) is 0 Å². The van der Waals surface area contributed by atoms with Crippen LogP contribution in [0.2, 0.25) is 0 Å². The first kappa shape index (κ1) is 18.6. The van der Waals surface area contributed by atoms with Gasteiger partial charge in [0, 0.05) is 23.5 Å². The summed E-state index contributed by atoms with van der Waals surface area (Å²) in [5, 5.41) is 9.06.